The summed E-state index contributed by atoms with van der Waals surface area (Å²) < 4.78 is 5.61. The van der Waals surface area contributed by atoms with E-state index in [4.69, 9.17) is 21.0 Å². The number of Topliss-reactive ketones (excluding diaryl/α,β-unsaturated/α-hetero) is 1. The van der Waals surface area contributed by atoms with Crippen LogP contribution in [0.25, 0.3) is 0 Å². The molecule has 0 aliphatic rings. The van der Waals surface area contributed by atoms with Gasteiger partial charge in [0.25, 0.3) is 11.8 Å². The van der Waals surface area contributed by atoms with E-state index in [0.717, 1.165) is 0 Å². The minimum absolute atomic E-state index is 0.0263. The zero-order valence-corrected chi connectivity index (χ0v) is 17.7. The first-order chi connectivity index (χ1) is 15.1. The molecule has 168 valence electrons. The summed E-state index contributed by atoms with van der Waals surface area (Å²) in [6, 6.07) is 10.6. The molecule has 0 spiro atoms. The molecule has 10 heteroatoms. The number of carbonyl (C=O) groups is 4. The van der Waals surface area contributed by atoms with E-state index >= 15 is 0 Å². The molecule has 0 atom stereocenters. The largest absolute Gasteiger partial charge is 0.491 e. The summed E-state index contributed by atoms with van der Waals surface area (Å²) in [7, 11) is 3.27. The molecule has 0 aliphatic carbocycles. The van der Waals surface area contributed by atoms with Gasteiger partial charge >= 0.3 is 5.97 Å². The summed E-state index contributed by atoms with van der Waals surface area (Å²) in [5.41, 5.74) is 6.98. The second-order valence-electron chi connectivity index (χ2n) is 7.02. The fourth-order valence-electron chi connectivity index (χ4n) is 2.70. The Morgan fingerprint density at radius 1 is 1.03 bits per heavy atom. The number of amidine groups is 1. The predicted octanol–water partition coefficient (Wildman–Crippen LogP) is 0.677. The number of hydrogen-bond donors (Lipinski definition) is 4. The van der Waals surface area contributed by atoms with Gasteiger partial charge in [-0.25, -0.2) is 4.79 Å². The number of ketones is 1. The number of aliphatic carboxylic acids is 1. The monoisotopic (exact) mass is 440 g/mol. The highest BCUT2D eigenvalue weighted by Gasteiger charge is 2.16. The minimum atomic E-state index is -1.56. The highest BCUT2D eigenvalue weighted by molar-refractivity contribution is 6.33. The third-order valence-electron chi connectivity index (χ3n) is 4.41. The van der Waals surface area contributed by atoms with Crippen molar-refractivity contribution in [2.45, 2.75) is 6.42 Å². The summed E-state index contributed by atoms with van der Waals surface area (Å²) in [5, 5.41) is 19.0. The number of nitrogens with zero attached hydrogens (tertiary/aromatic N) is 1. The minimum Gasteiger partial charge on any atom is -0.491 e. The molecule has 0 bridgehead atoms. The number of hydrogen-bond acceptors (Lipinski definition) is 6. The highest BCUT2D eigenvalue weighted by Crippen LogP contribution is 2.21. The molecular formula is C22H24N4O6. The number of ether oxygens (including phenoxy) is 1. The Labute approximate surface area is 184 Å². The first kappa shape index (κ1) is 24.1. The molecule has 0 heterocycles. The molecule has 0 radical (unpaired) electrons. The molecule has 0 aliphatic heterocycles. The normalized spacial score (nSPS) is 10.2. The second-order valence-corrected chi connectivity index (χ2v) is 7.02. The van der Waals surface area contributed by atoms with Gasteiger partial charge in [0, 0.05) is 42.8 Å². The summed E-state index contributed by atoms with van der Waals surface area (Å²) in [6.07, 6.45) is -0.382. The van der Waals surface area contributed by atoms with Crippen LogP contribution in [-0.4, -0.2) is 66.7 Å². The van der Waals surface area contributed by atoms with Gasteiger partial charge in [0.05, 0.1) is 6.54 Å². The average molecular weight is 440 g/mol. The number of nitrogen functional groups attached to an aromatic ring is 1. The van der Waals surface area contributed by atoms with Gasteiger partial charge in [0.2, 0.25) is 5.78 Å². The van der Waals surface area contributed by atoms with Crippen molar-refractivity contribution in [1.29, 1.82) is 5.41 Å². The Hall–Kier alpha value is -4.21. The summed E-state index contributed by atoms with van der Waals surface area (Å²) in [5.74, 6) is -3.11. The maximum absolute atomic E-state index is 12.3. The maximum Gasteiger partial charge on any atom is 0.372 e. The van der Waals surface area contributed by atoms with Gasteiger partial charge in [-0.3, -0.25) is 19.8 Å². The van der Waals surface area contributed by atoms with Crippen molar-refractivity contribution in [2.75, 3.05) is 27.2 Å². The number of nitrogens with two attached hydrogens (primary N) is 1. The molecule has 5 N–H and O–H groups in total. The zero-order chi connectivity index (χ0) is 23.8. The molecule has 2 amide bonds. The molecule has 0 saturated carbocycles. The number of carboxylic acid groups (broad SMARTS) is 1. The van der Waals surface area contributed by atoms with Crippen LogP contribution in [-0.2, 0) is 16.0 Å². The fraction of sp³-hybridized carbons (Fsp3) is 0.227. The van der Waals surface area contributed by atoms with Crippen molar-refractivity contribution in [1.82, 2.24) is 10.2 Å². The van der Waals surface area contributed by atoms with Gasteiger partial charge in [-0.05, 0) is 30.3 Å². The van der Waals surface area contributed by atoms with E-state index in [2.05, 4.69) is 5.32 Å². The molecule has 2 aromatic rings. The lowest BCUT2D eigenvalue weighted by Gasteiger charge is -2.13. The van der Waals surface area contributed by atoms with Crippen LogP contribution >= 0.6 is 0 Å². The highest BCUT2D eigenvalue weighted by atomic mass is 16.5. The van der Waals surface area contributed by atoms with Gasteiger partial charge < -0.3 is 25.8 Å². The first-order valence-corrected chi connectivity index (χ1v) is 9.56. The topological polar surface area (TPSA) is 163 Å². The lowest BCUT2D eigenvalue weighted by atomic mass is 10.0. The smallest absolute Gasteiger partial charge is 0.372 e. The number of nitrogens with one attached hydrogen (secondary N) is 2. The lowest BCUT2D eigenvalue weighted by Crippen LogP contribution is -2.28. The maximum atomic E-state index is 12.3. The Morgan fingerprint density at radius 2 is 1.62 bits per heavy atom. The van der Waals surface area contributed by atoms with Crippen molar-refractivity contribution in [2.24, 2.45) is 5.73 Å². The fourth-order valence-corrected chi connectivity index (χ4v) is 2.70. The number of carbonyl (C=O) groups excluding carboxylic acids is 3. The number of carboxylic acids is 1. The van der Waals surface area contributed by atoms with Crippen LogP contribution in [0.3, 0.4) is 0 Å². The van der Waals surface area contributed by atoms with Crippen LogP contribution in [0.1, 0.15) is 31.8 Å². The van der Waals surface area contributed by atoms with E-state index in [1.165, 1.54) is 23.1 Å². The second kappa shape index (κ2) is 10.7. The summed E-state index contributed by atoms with van der Waals surface area (Å²) in [4.78, 5) is 48.0. The van der Waals surface area contributed by atoms with Crippen molar-refractivity contribution in [3.63, 3.8) is 0 Å². The van der Waals surface area contributed by atoms with E-state index < -0.39 is 11.8 Å². The molecular weight excluding hydrogens is 416 g/mol. The quantitative estimate of drug-likeness (QED) is 0.183. The molecule has 2 aromatic carbocycles. The van der Waals surface area contributed by atoms with E-state index in [0.29, 0.717) is 22.3 Å². The Morgan fingerprint density at radius 3 is 2.19 bits per heavy atom. The van der Waals surface area contributed by atoms with Crippen LogP contribution in [0, 0.1) is 5.41 Å². The number of benzene rings is 2. The number of amides is 2. The summed E-state index contributed by atoms with van der Waals surface area (Å²) >= 11 is 0. The molecule has 0 aromatic heterocycles. The Balaban J connectivity index is 1.98. The van der Waals surface area contributed by atoms with Crippen LogP contribution in [0.2, 0.25) is 0 Å². The SMILES string of the molecule is CN(C)C(=O)c1ccc(C(=O)NCCOc2cc(C(=N)N)ccc2CC(=O)C(=O)O)cc1. The van der Waals surface area contributed by atoms with Gasteiger partial charge in [-0.15, -0.1) is 0 Å². The molecule has 2 rings (SSSR count). The zero-order valence-electron chi connectivity index (χ0n) is 17.7. The molecule has 0 fully saturated rings. The van der Waals surface area contributed by atoms with Crippen molar-refractivity contribution in [3.05, 3.63) is 64.7 Å². The van der Waals surface area contributed by atoms with Crippen molar-refractivity contribution < 1.29 is 29.0 Å². The van der Waals surface area contributed by atoms with Crippen molar-refractivity contribution in [3.8, 4) is 5.75 Å². The van der Waals surface area contributed by atoms with Gasteiger partial charge in [-0.2, -0.15) is 0 Å². The lowest BCUT2D eigenvalue weighted by molar-refractivity contribution is -0.148. The van der Waals surface area contributed by atoms with Gasteiger partial charge in [0.1, 0.15) is 18.2 Å². The van der Waals surface area contributed by atoms with Crippen LogP contribution < -0.4 is 15.8 Å². The van der Waals surface area contributed by atoms with Gasteiger partial charge in [-0.1, -0.05) is 12.1 Å². The van der Waals surface area contributed by atoms with Gasteiger partial charge in [0.15, 0.2) is 0 Å². The van der Waals surface area contributed by atoms with E-state index in [-0.39, 0.29) is 43.0 Å². The van der Waals surface area contributed by atoms with Crippen molar-refractivity contribution >= 4 is 29.4 Å². The Kier molecular flexibility index (Phi) is 8.05. The molecule has 0 saturated heterocycles. The standard InChI is InChI=1S/C22H24N4O6/c1-26(2)21(29)14-5-3-13(4-6-14)20(28)25-9-10-32-18-12-16(19(23)24)8-7-15(18)11-17(27)22(30)31/h3-8,12H,9-11H2,1-2H3,(H3,23,24)(H,25,28)(H,30,31). The van der Waals surface area contributed by atoms with E-state index in [9.17, 15) is 19.2 Å². The molecule has 0 unspecified atom stereocenters. The van der Waals surface area contributed by atoms with Crippen LogP contribution in [0.4, 0.5) is 0 Å². The van der Waals surface area contributed by atoms with Crippen LogP contribution in [0.5, 0.6) is 5.75 Å². The number of rotatable bonds is 10. The molecule has 10 nitrogen and oxygen atoms in total. The average Bonchev–Trinajstić information content (AvgIpc) is 2.76. The van der Waals surface area contributed by atoms with E-state index in [1.54, 1.807) is 38.4 Å². The predicted molar refractivity (Wildman–Crippen MR) is 116 cm³/mol. The summed E-state index contributed by atoms with van der Waals surface area (Å²) in [6.45, 7) is 0.145. The van der Waals surface area contributed by atoms with E-state index in [1.807, 2.05) is 0 Å². The Bertz CT molecular complexity index is 1050. The third-order valence-corrected chi connectivity index (χ3v) is 4.41. The van der Waals surface area contributed by atoms with Crippen LogP contribution in [0.15, 0.2) is 42.5 Å². The first-order valence-electron chi connectivity index (χ1n) is 9.56. The third kappa shape index (κ3) is 6.39. The molecule has 32 heavy (non-hydrogen) atoms.